The lowest BCUT2D eigenvalue weighted by molar-refractivity contribution is 0.673. The maximum Gasteiger partial charge on any atom is 0.145 e. The van der Waals surface area contributed by atoms with Crippen LogP contribution in [0.15, 0.2) is 174 Å². The fourth-order valence-corrected chi connectivity index (χ4v) is 8.19. The Labute approximate surface area is 281 Å². The fraction of sp³-hybridized carbons (Fsp3) is 0. The van der Waals surface area contributed by atoms with Gasteiger partial charge in [-0.25, -0.2) is 0 Å². The Morgan fingerprint density at radius 1 is 0.367 bits per heavy atom. The van der Waals surface area contributed by atoms with E-state index >= 15 is 0 Å². The van der Waals surface area contributed by atoms with Crippen molar-refractivity contribution < 1.29 is 4.42 Å². The van der Waals surface area contributed by atoms with Gasteiger partial charge in [-0.05, 0) is 71.1 Å². The van der Waals surface area contributed by atoms with Crippen molar-refractivity contribution in [2.75, 3.05) is 0 Å². The summed E-state index contributed by atoms with van der Waals surface area (Å²) >= 11 is 0. The second kappa shape index (κ2) is 9.96. The number of fused-ring (bicyclic) bond motifs is 12. The molecule has 3 heteroatoms. The number of hydrogen-bond acceptors (Lipinski definition) is 1. The topological polar surface area (TPSA) is 23.0 Å². The second-order valence-corrected chi connectivity index (χ2v) is 12.9. The largest absolute Gasteiger partial charge is 0.455 e. The van der Waals surface area contributed by atoms with Gasteiger partial charge in [-0.15, -0.1) is 0 Å². The molecule has 0 aliphatic heterocycles. The quantitative estimate of drug-likeness (QED) is 0.192. The Morgan fingerprint density at radius 3 is 1.88 bits per heavy atom. The summed E-state index contributed by atoms with van der Waals surface area (Å²) in [7, 11) is 0. The molecule has 0 bridgehead atoms. The summed E-state index contributed by atoms with van der Waals surface area (Å²) in [4.78, 5) is 0. The maximum atomic E-state index is 6.70. The first-order valence-electron chi connectivity index (χ1n) is 16.8. The molecule has 0 unspecified atom stereocenters. The van der Waals surface area contributed by atoms with Crippen LogP contribution in [0, 0.1) is 0 Å². The van der Waals surface area contributed by atoms with Crippen LogP contribution in [0.2, 0.25) is 0 Å². The highest BCUT2D eigenvalue weighted by atomic mass is 16.3. The van der Waals surface area contributed by atoms with Gasteiger partial charge in [0, 0.05) is 38.0 Å². The number of aromatic nitrogens is 2. The van der Waals surface area contributed by atoms with E-state index in [1.165, 1.54) is 60.3 Å². The first kappa shape index (κ1) is 26.5. The first-order chi connectivity index (χ1) is 24.3. The van der Waals surface area contributed by atoms with Crippen molar-refractivity contribution in [2.24, 2.45) is 0 Å². The Bertz CT molecular complexity index is 3080. The van der Waals surface area contributed by atoms with Gasteiger partial charge in [-0.2, -0.15) is 0 Å². The molecule has 8 aromatic carbocycles. The van der Waals surface area contributed by atoms with Crippen LogP contribution >= 0.6 is 0 Å². The third kappa shape index (κ3) is 3.67. The lowest BCUT2D eigenvalue weighted by atomic mass is 10.1. The summed E-state index contributed by atoms with van der Waals surface area (Å²) in [6, 6.07) is 61.2. The molecule has 0 radical (unpaired) electrons. The Hall–Kier alpha value is -6.58. The van der Waals surface area contributed by atoms with Gasteiger partial charge in [0.25, 0.3) is 0 Å². The van der Waals surface area contributed by atoms with Crippen molar-refractivity contribution in [1.29, 1.82) is 0 Å². The van der Waals surface area contributed by atoms with Crippen LogP contribution in [0.3, 0.4) is 0 Å². The predicted octanol–water partition coefficient (Wildman–Crippen LogP) is 12.6. The molecular weight excluding hydrogens is 597 g/mol. The van der Waals surface area contributed by atoms with Crippen LogP contribution < -0.4 is 0 Å². The molecule has 0 amide bonds. The van der Waals surface area contributed by atoms with Crippen molar-refractivity contribution in [3.05, 3.63) is 170 Å². The standard InChI is InChI=1S/C46H28N2O/c1-2-11-29(12-3-1)30-21-23-32(24-22-30)47-41-27-25-35-34-16-7-9-20-42(34)49-46(35)44(41)37-26-28-40-43(45(37)47)36-17-6-8-18-39(36)48(40)38-19-10-14-31-13-4-5-15-33(31)38/h1-28H. The van der Waals surface area contributed by atoms with Crippen LogP contribution in [-0.2, 0) is 0 Å². The van der Waals surface area contributed by atoms with Gasteiger partial charge in [0.1, 0.15) is 11.2 Å². The minimum Gasteiger partial charge on any atom is -0.455 e. The summed E-state index contributed by atoms with van der Waals surface area (Å²) in [5.41, 5.74) is 11.2. The zero-order valence-corrected chi connectivity index (χ0v) is 26.5. The molecular formula is C46H28N2O. The molecule has 3 aromatic heterocycles. The van der Waals surface area contributed by atoms with E-state index in [0.29, 0.717) is 0 Å². The van der Waals surface area contributed by atoms with Crippen LogP contribution in [0.1, 0.15) is 0 Å². The van der Waals surface area contributed by atoms with E-state index in [9.17, 15) is 0 Å². The highest BCUT2D eigenvalue weighted by Gasteiger charge is 2.24. The minimum atomic E-state index is 0.909. The Balaban J connectivity index is 1.32. The number of furan rings is 1. The summed E-state index contributed by atoms with van der Waals surface area (Å²) < 4.78 is 11.6. The molecule has 0 spiro atoms. The van der Waals surface area contributed by atoms with Crippen molar-refractivity contribution in [1.82, 2.24) is 9.13 Å². The summed E-state index contributed by atoms with van der Waals surface area (Å²) in [5.74, 6) is 0. The molecule has 0 aliphatic rings. The third-order valence-corrected chi connectivity index (χ3v) is 10.3. The van der Waals surface area contributed by atoms with Gasteiger partial charge in [0.2, 0.25) is 0 Å². The van der Waals surface area contributed by atoms with Crippen molar-refractivity contribution >= 4 is 76.3 Å². The summed E-state index contributed by atoms with van der Waals surface area (Å²) in [6.45, 7) is 0. The van der Waals surface area contributed by atoms with Gasteiger partial charge in [-0.3, -0.25) is 0 Å². The van der Waals surface area contributed by atoms with E-state index in [-0.39, 0.29) is 0 Å². The molecule has 228 valence electrons. The average Bonchev–Trinajstić information content (AvgIpc) is 3.82. The minimum absolute atomic E-state index is 0.909. The van der Waals surface area contributed by atoms with Crippen LogP contribution in [0.25, 0.3) is 98.8 Å². The molecule has 0 N–H and O–H groups in total. The number of benzene rings is 8. The fourth-order valence-electron chi connectivity index (χ4n) is 8.19. The van der Waals surface area contributed by atoms with E-state index < -0.39 is 0 Å². The molecule has 3 nitrogen and oxygen atoms in total. The van der Waals surface area contributed by atoms with Gasteiger partial charge >= 0.3 is 0 Å². The van der Waals surface area contributed by atoms with E-state index in [4.69, 9.17) is 4.42 Å². The lowest BCUT2D eigenvalue weighted by Gasteiger charge is -2.12. The van der Waals surface area contributed by atoms with Crippen LogP contribution in [0.4, 0.5) is 0 Å². The maximum absolute atomic E-state index is 6.70. The number of nitrogens with zero attached hydrogens (tertiary/aromatic N) is 2. The molecule has 0 aliphatic carbocycles. The van der Waals surface area contributed by atoms with E-state index in [2.05, 4.69) is 173 Å². The van der Waals surface area contributed by atoms with Crippen molar-refractivity contribution in [3.8, 4) is 22.5 Å². The highest BCUT2D eigenvalue weighted by Crippen LogP contribution is 2.46. The molecule has 0 atom stereocenters. The van der Waals surface area contributed by atoms with Crippen LogP contribution in [0.5, 0.6) is 0 Å². The van der Waals surface area contributed by atoms with E-state index in [1.807, 2.05) is 6.07 Å². The molecule has 49 heavy (non-hydrogen) atoms. The number of rotatable bonds is 3. The third-order valence-electron chi connectivity index (χ3n) is 10.3. The average molecular weight is 625 g/mol. The van der Waals surface area contributed by atoms with Crippen LogP contribution in [-0.4, -0.2) is 9.13 Å². The second-order valence-electron chi connectivity index (χ2n) is 12.9. The lowest BCUT2D eigenvalue weighted by Crippen LogP contribution is -1.96. The zero-order chi connectivity index (χ0) is 32.1. The monoisotopic (exact) mass is 624 g/mol. The molecule has 0 fully saturated rings. The summed E-state index contributed by atoms with van der Waals surface area (Å²) in [5, 5.41) is 9.51. The van der Waals surface area contributed by atoms with Crippen molar-refractivity contribution in [3.63, 3.8) is 0 Å². The summed E-state index contributed by atoms with van der Waals surface area (Å²) in [6.07, 6.45) is 0. The normalized spacial score (nSPS) is 12.1. The molecule has 11 rings (SSSR count). The van der Waals surface area contributed by atoms with Crippen molar-refractivity contribution in [2.45, 2.75) is 0 Å². The molecule has 3 heterocycles. The Morgan fingerprint density at radius 2 is 1.02 bits per heavy atom. The highest BCUT2D eigenvalue weighted by molar-refractivity contribution is 6.31. The smallest absolute Gasteiger partial charge is 0.145 e. The van der Waals surface area contributed by atoms with Gasteiger partial charge in [0.05, 0.1) is 33.1 Å². The van der Waals surface area contributed by atoms with E-state index in [1.54, 1.807) is 0 Å². The van der Waals surface area contributed by atoms with Gasteiger partial charge in [-0.1, -0.05) is 115 Å². The van der Waals surface area contributed by atoms with E-state index in [0.717, 1.165) is 38.5 Å². The molecule has 0 saturated heterocycles. The number of para-hydroxylation sites is 2. The zero-order valence-electron chi connectivity index (χ0n) is 26.5. The SMILES string of the molecule is c1ccc(-c2ccc(-n3c4ccc5c6ccccc6oc5c4c4ccc5c(c6ccccc6n5-c5cccc6ccccc56)c43)cc2)cc1. The number of hydrogen-bond donors (Lipinski definition) is 0. The molecule has 11 aromatic rings. The Kier molecular flexibility index (Phi) is 5.38. The first-order valence-corrected chi connectivity index (χ1v) is 16.8. The molecule has 0 saturated carbocycles. The van der Waals surface area contributed by atoms with Gasteiger partial charge in [0.15, 0.2) is 0 Å². The predicted molar refractivity (Wildman–Crippen MR) is 205 cm³/mol. The van der Waals surface area contributed by atoms with Gasteiger partial charge < -0.3 is 13.6 Å².